The SMILES string of the molecule is CCOC(=O)C(C)NC(=O)c1ccc(C#CCO)c(F)c1. The van der Waals surface area contributed by atoms with Crippen molar-refractivity contribution < 1.29 is 23.8 Å². The van der Waals surface area contributed by atoms with Crippen LogP contribution < -0.4 is 5.32 Å². The molecule has 0 fully saturated rings. The van der Waals surface area contributed by atoms with Gasteiger partial charge in [0.25, 0.3) is 5.91 Å². The molecule has 0 saturated heterocycles. The van der Waals surface area contributed by atoms with Crippen molar-refractivity contribution in [2.75, 3.05) is 13.2 Å². The molecule has 1 rings (SSSR count). The Labute approximate surface area is 122 Å². The van der Waals surface area contributed by atoms with Crippen LogP contribution in [0.1, 0.15) is 29.8 Å². The third kappa shape index (κ3) is 4.89. The highest BCUT2D eigenvalue weighted by Gasteiger charge is 2.18. The minimum atomic E-state index is -0.825. The van der Waals surface area contributed by atoms with E-state index in [0.717, 1.165) is 6.07 Å². The lowest BCUT2D eigenvalue weighted by Gasteiger charge is -2.12. The van der Waals surface area contributed by atoms with Gasteiger partial charge in [0.15, 0.2) is 0 Å². The topological polar surface area (TPSA) is 75.6 Å². The molecule has 0 heterocycles. The van der Waals surface area contributed by atoms with Gasteiger partial charge in [-0.05, 0) is 32.0 Å². The molecule has 1 amide bonds. The maximum Gasteiger partial charge on any atom is 0.328 e. The fourth-order valence-electron chi connectivity index (χ4n) is 1.50. The number of amides is 1. The van der Waals surface area contributed by atoms with E-state index >= 15 is 0 Å². The molecule has 0 radical (unpaired) electrons. The van der Waals surface area contributed by atoms with Crippen molar-refractivity contribution in [3.8, 4) is 11.8 Å². The summed E-state index contributed by atoms with van der Waals surface area (Å²) < 4.78 is 18.5. The Kier molecular flexibility index (Phi) is 6.37. The van der Waals surface area contributed by atoms with E-state index < -0.39 is 23.7 Å². The summed E-state index contributed by atoms with van der Waals surface area (Å²) in [6, 6.07) is 2.92. The number of carbonyl (C=O) groups is 2. The Morgan fingerprint density at radius 1 is 1.48 bits per heavy atom. The molecule has 21 heavy (non-hydrogen) atoms. The van der Waals surface area contributed by atoms with Crippen molar-refractivity contribution in [2.45, 2.75) is 19.9 Å². The van der Waals surface area contributed by atoms with Crippen LogP contribution in [0.2, 0.25) is 0 Å². The van der Waals surface area contributed by atoms with Gasteiger partial charge in [-0.3, -0.25) is 4.79 Å². The van der Waals surface area contributed by atoms with Crippen LogP contribution in [0.15, 0.2) is 18.2 Å². The Balaban J connectivity index is 2.80. The molecular weight excluding hydrogens is 277 g/mol. The van der Waals surface area contributed by atoms with Crippen LogP contribution in [0, 0.1) is 17.7 Å². The molecule has 2 N–H and O–H groups in total. The van der Waals surface area contributed by atoms with Crippen molar-refractivity contribution in [2.24, 2.45) is 0 Å². The molecule has 0 aliphatic rings. The number of hydrogen-bond donors (Lipinski definition) is 2. The summed E-state index contributed by atoms with van der Waals surface area (Å²) in [5, 5.41) is 11.0. The van der Waals surface area contributed by atoms with E-state index in [9.17, 15) is 14.0 Å². The molecule has 1 unspecified atom stereocenters. The van der Waals surface area contributed by atoms with Gasteiger partial charge in [0.05, 0.1) is 12.2 Å². The van der Waals surface area contributed by atoms with Crippen LogP contribution in [0.5, 0.6) is 0 Å². The Morgan fingerprint density at radius 2 is 2.19 bits per heavy atom. The maximum absolute atomic E-state index is 13.7. The van der Waals surface area contributed by atoms with E-state index in [-0.39, 0.29) is 24.3 Å². The molecule has 1 atom stereocenters. The highest BCUT2D eigenvalue weighted by Crippen LogP contribution is 2.10. The summed E-state index contributed by atoms with van der Waals surface area (Å²) in [4.78, 5) is 23.3. The van der Waals surface area contributed by atoms with E-state index in [0.29, 0.717) is 0 Å². The van der Waals surface area contributed by atoms with E-state index in [2.05, 4.69) is 17.2 Å². The van der Waals surface area contributed by atoms with Gasteiger partial charge in [-0.15, -0.1) is 0 Å². The van der Waals surface area contributed by atoms with Gasteiger partial charge in [0.1, 0.15) is 18.5 Å². The number of halogens is 1. The van der Waals surface area contributed by atoms with Crippen LogP contribution in [0.4, 0.5) is 4.39 Å². The van der Waals surface area contributed by atoms with Crippen LogP contribution >= 0.6 is 0 Å². The fraction of sp³-hybridized carbons (Fsp3) is 0.333. The molecule has 0 bridgehead atoms. The van der Waals surface area contributed by atoms with Crippen molar-refractivity contribution >= 4 is 11.9 Å². The summed E-state index contributed by atoms with van der Waals surface area (Å²) in [6.45, 7) is 2.98. The van der Waals surface area contributed by atoms with Gasteiger partial charge < -0.3 is 15.2 Å². The number of nitrogens with one attached hydrogen (secondary N) is 1. The molecule has 1 aromatic rings. The lowest BCUT2D eigenvalue weighted by atomic mass is 10.1. The lowest BCUT2D eigenvalue weighted by molar-refractivity contribution is -0.144. The lowest BCUT2D eigenvalue weighted by Crippen LogP contribution is -2.39. The second kappa shape index (κ2) is 8.02. The Morgan fingerprint density at radius 3 is 2.76 bits per heavy atom. The van der Waals surface area contributed by atoms with E-state index in [4.69, 9.17) is 9.84 Å². The quantitative estimate of drug-likeness (QED) is 0.637. The molecule has 5 nitrogen and oxygen atoms in total. The van der Waals surface area contributed by atoms with E-state index in [1.54, 1.807) is 6.92 Å². The highest BCUT2D eigenvalue weighted by molar-refractivity contribution is 5.96. The van der Waals surface area contributed by atoms with Crippen LogP contribution in [0.25, 0.3) is 0 Å². The molecular formula is C15H16FNO4. The first-order chi connectivity index (χ1) is 9.99. The van der Waals surface area contributed by atoms with E-state index in [1.807, 2.05) is 0 Å². The van der Waals surface area contributed by atoms with Gasteiger partial charge in [-0.25, -0.2) is 9.18 Å². The van der Waals surface area contributed by atoms with Crippen LogP contribution in [-0.2, 0) is 9.53 Å². The number of benzene rings is 1. The number of ether oxygens (including phenoxy) is 1. The first kappa shape index (κ1) is 16.7. The molecule has 0 spiro atoms. The van der Waals surface area contributed by atoms with Crippen molar-refractivity contribution in [1.82, 2.24) is 5.32 Å². The van der Waals surface area contributed by atoms with Crippen LogP contribution in [0.3, 0.4) is 0 Å². The molecule has 0 saturated carbocycles. The molecule has 112 valence electrons. The third-order valence-electron chi connectivity index (χ3n) is 2.52. The van der Waals surface area contributed by atoms with Crippen molar-refractivity contribution in [3.05, 3.63) is 35.1 Å². The van der Waals surface area contributed by atoms with Crippen molar-refractivity contribution in [3.63, 3.8) is 0 Å². The zero-order valence-electron chi connectivity index (χ0n) is 11.8. The van der Waals surface area contributed by atoms with Gasteiger partial charge >= 0.3 is 5.97 Å². The smallest absolute Gasteiger partial charge is 0.328 e. The van der Waals surface area contributed by atoms with Crippen LogP contribution in [-0.4, -0.2) is 36.2 Å². The molecule has 0 aliphatic heterocycles. The first-order valence-corrected chi connectivity index (χ1v) is 6.36. The predicted octanol–water partition coefficient (Wildman–Crippen LogP) is 0.851. The predicted molar refractivity (Wildman–Crippen MR) is 73.9 cm³/mol. The summed E-state index contributed by atoms with van der Waals surface area (Å²) in [5.41, 5.74) is 0.150. The van der Waals surface area contributed by atoms with Gasteiger partial charge in [0.2, 0.25) is 0 Å². The standard InChI is InChI=1S/C15H16FNO4/c1-3-21-15(20)10(2)17-14(19)12-7-6-11(5-4-8-18)13(16)9-12/h6-7,9-10,18H,3,8H2,1-2H3,(H,17,19). The van der Waals surface area contributed by atoms with E-state index in [1.165, 1.54) is 19.1 Å². The van der Waals surface area contributed by atoms with Gasteiger partial charge in [-0.1, -0.05) is 11.8 Å². The number of rotatable bonds is 4. The summed E-state index contributed by atoms with van der Waals surface area (Å²) >= 11 is 0. The molecule has 0 aliphatic carbocycles. The summed E-state index contributed by atoms with van der Waals surface area (Å²) in [6.07, 6.45) is 0. The molecule has 1 aromatic carbocycles. The number of esters is 1. The summed E-state index contributed by atoms with van der Waals surface area (Å²) in [5.74, 6) is 2.92. The largest absolute Gasteiger partial charge is 0.464 e. The second-order valence-corrected chi connectivity index (χ2v) is 4.10. The molecule has 0 aromatic heterocycles. The minimum Gasteiger partial charge on any atom is -0.464 e. The highest BCUT2D eigenvalue weighted by atomic mass is 19.1. The maximum atomic E-state index is 13.7. The minimum absolute atomic E-state index is 0.0678. The Hall–Kier alpha value is -2.39. The van der Waals surface area contributed by atoms with Gasteiger partial charge in [0, 0.05) is 5.56 Å². The summed E-state index contributed by atoms with van der Waals surface area (Å²) in [7, 11) is 0. The molecule has 6 heteroatoms. The average molecular weight is 293 g/mol. The normalized spacial score (nSPS) is 11.0. The number of hydrogen-bond acceptors (Lipinski definition) is 4. The number of carbonyl (C=O) groups excluding carboxylic acids is 2. The number of aliphatic hydroxyl groups is 1. The fourth-order valence-corrected chi connectivity index (χ4v) is 1.50. The van der Waals surface area contributed by atoms with Crippen molar-refractivity contribution in [1.29, 1.82) is 0 Å². The average Bonchev–Trinajstić information content (AvgIpc) is 2.46. The van der Waals surface area contributed by atoms with Gasteiger partial charge in [-0.2, -0.15) is 0 Å². The third-order valence-corrected chi connectivity index (χ3v) is 2.52. The Bertz CT molecular complexity index is 589. The second-order valence-electron chi connectivity index (χ2n) is 4.10. The first-order valence-electron chi connectivity index (χ1n) is 6.36. The zero-order chi connectivity index (χ0) is 15.8. The number of aliphatic hydroxyl groups excluding tert-OH is 1. The monoisotopic (exact) mass is 293 g/mol. The zero-order valence-corrected chi connectivity index (χ0v) is 11.8.